The van der Waals surface area contributed by atoms with Crippen molar-refractivity contribution in [1.29, 1.82) is 0 Å². The Morgan fingerprint density at radius 1 is 1.46 bits per heavy atom. The number of thioether (sulfide) groups is 1. The summed E-state index contributed by atoms with van der Waals surface area (Å²) in [6, 6.07) is 0. The normalized spacial score (nSPS) is 21.0. The molecule has 0 aliphatic heterocycles. The van der Waals surface area contributed by atoms with Crippen molar-refractivity contribution in [3.05, 3.63) is 0 Å². The van der Waals surface area contributed by atoms with E-state index in [0.717, 1.165) is 0 Å². The van der Waals surface area contributed by atoms with E-state index in [2.05, 4.69) is 0 Å². The highest BCUT2D eigenvalue weighted by Crippen LogP contribution is 2.47. The molecule has 1 aliphatic rings. The van der Waals surface area contributed by atoms with Crippen LogP contribution in [-0.2, 0) is 9.59 Å². The number of rotatable bonds is 2. The standard InChI is InChI=1S/C9H14O3S/c1-8(2,3)13-9(7(11)12)4-6(10)5-9/h4-5H2,1-3H3,(H,11,12). The molecule has 0 aromatic carbocycles. The number of carboxylic acid groups (broad SMARTS) is 1. The van der Waals surface area contributed by atoms with Gasteiger partial charge in [0.25, 0.3) is 0 Å². The van der Waals surface area contributed by atoms with Crippen LogP contribution in [-0.4, -0.2) is 26.4 Å². The maximum Gasteiger partial charge on any atom is 0.320 e. The summed E-state index contributed by atoms with van der Waals surface area (Å²) in [7, 11) is 0. The lowest BCUT2D eigenvalue weighted by atomic mass is 9.83. The van der Waals surface area contributed by atoms with Crippen molar-refractivity contribution >= 4 is 23.5 Å². The number of carbonyl (C=O) groups is 2. The average molecular weight is 202 g/mol. The van der Waals surface area contributed by atoms with Crippen LogP contribution in [0.1, 0.15) is 33.6 Å². The van der Waals surface area contributed by atoms with Crippen molar-refractivity contribution in [3.63, 3.8) is 0 Å². The smallest absolute Gasteiger partial charge is 0.320 e. The summed E-state index contributed by atoms with van der Waals surface area (Å²) >= 11 is 1.38. The zero-order valence-electron chi connectivity index (χ0n) is 8.09. The fraction of sp³-hybridized carbons (Fsp3) is 0.778. The predicted octanol–water partition coefficient (Wildman–Crippen LogP) is 1.70. The van der Waals surface area contributed by atoms with E-state index in [9.17, 15) is 9.59 Å². The summed E-state index contributed by atoms with van der Waals surface area (Å²) in [4.78, 5) is 21.8. The van der Waals surface area contributed by atoms with Gasteiger partial charge in [0.2, 0.25) is 0 Å². The molecule has 74 valence electrons. The fourth-order valence-electron chi connectivity index (χ4n) is 1.44. The quantitative estimate of drug-likeness (QED) is 0.740. The minimum absolute atomic E-state index is 0.0548. The minimum atomic E-state index is -0.855. The maximum atomic E-state index is 11.0. The third-order valence-corrected chi connectivity index (χ3v) is 3.32. The lowest BCUT2D eigenvalue weighted by Crippen LogP contribution is -2.50. The van der Waals surface area contributed by atoms with Gasteiger partial charge in [-0.25, -0.2) is 0 Å². The molecule has 3 nitrogen and oxygen atoms in total. The average Bonchev–Trinajstić information content (AvgIpc) is 1.79. The third-order valence-electron chi connectivity index (χ3n) is 1.86. The molecule has 0 heterocycles. The maximum absolute atomic E-state index is 11.0. The third kappa shape index (κ3) is 2.24. The van der Waals surface area contributed by atoms with Gasteiger partial charge in [-0.05, 0) is 0 Å². The molecule has 0 unspecified atom stereocenters. The van der Waals surface area contributed by atoms with E-state index >= 15 is 0 Å². The Morgan fingerprint density at radius 2 is 1.92 bits per heavy atom. The Kier molecular flexibility index (Phi) is 2.45. The lowest BCUT2D eigenvalue weighted by Gasteiger charge is -2.39. The first-order chi connectivity index (χ1) is 5.75. The van der Waals surface area contributed by atoms with Crippen LogP contribution in [0.25, 0.3) is 0 Å². The Hall–Kier alpha value is -0.510. The molecule has 0 spiro atoms. The molecular weight excluding hydrogens is 188 g/mol. The van der Waals surface area contributed by atoms with Crippen LogP contribution in [0.3, 0.4) is 0 Å². The largest absolute Gasteiger partial charge is 0.480 e. The van der Waals surface area contributed by atoms with Crippen LogP contribution in [0, 0.1) is 0 Å². The van der Waals surface area contributed by atoms with Gasteiger partial charge < -0.3 is 5.11 Å². The van der Waals surface area contributed by atoms with Crippen LogP contribution in [0.4, 0.5) is 0 Å². The van der Waals surface area contributed by atoms with E-state index in [1.54, 1.807) is 0 Å². The molecule has 13 heavy (non-hydrogen) atoms. The lowest BCUT2D eigenvalue weighted by molar-refractivity contribution is -0.147. The molecule has 4 heteroatoms. The number of hydrogen-bond donors (Lipinski definition) is 1. The number of hydrogen-bond acceptors (Lipinski definition) is 3. The number of carboxylic acids is 1. The molecule has 1 fully saturated rings. The van der Waals surface area contributed by atoms with Crippen molar-refractivity contribution in [2.24, 2.45) is 0 Å². The zero-order chi connectivity index (χ0) is 10.3. The van der Waals surface area contributed by atoms with Gasteiger partial charge in [-0.15, -0.1) is 11.8 Å². The summed E-state index contributed by atoms with van der Waals surface area (Å²) < 4.78 is -0.950. The molecule has 0 amide bonds. The van der Waals surface area contributed by atoms with Gasteiger partial charge >= 0.3 is 5.97 Å². The Labute approximate surface area is 81.9 Å². The first kappa shape index (κ1) is 10.6. The van der Waals surface area contributed by atoms with Gasteiger partial charge in [0.05, 0.1) is 0 Å². The molecule has 1 rings (SSSR count). The molecule has 1 aliphatic carbocycles. The topological polar surface area (TPSA) is 54.4 Å². The van der Waals surface area contributed by atoms with Crippen molar-refractivity contribution in [3.8, 4) is 0 Å². The zero-order valence-corrected chi connectivity index (χ0v) is 8.90. The van der Waals surface area contributed by atoms with Gasteiger partial charge in [0, 0.05) is 17.6 Å². The summed E-state index contributed by atoms with van der Waals surface area (Å²) in [5.74, 6) is -0.800. The first-order valence-electron chi connectivity index (χ1n) is 4.20. The highest BCUT2D eigenvalue weighted by Gasteiger charge is 2.52. The molecule has 0 radical (unpaired) electrons. The second kappa shape index (κ2) is 3.01. The van der Waals surface area contributed by atoms with Crippen LogP contribution in [0.2, 0.25) is 0 Å². The minimum Gasteiger partial charge on any atom is -0.480 e. The van der Waals surface area contributed by atoms with Gasteiger partial charge in [0.15, 0.2) is 0 Å². The van der Waals surface area contributed by atoms with Crippen molar-refractivity contribution in [2.75, 3.05) is 0 Å². The highest BCUT2D eigenvalue weighted by molar-refractivity contribution is 8.02. The van der Waals surface area contributed by atoms with E-state index in [1.807, 2.05) is 20.8 Å². The van der Waals surface area contributed by atoms with E-state index in [-0.39, 0.29) is 23.4 Å². The van der Waals surface area contributed by atoms with Crippen LogP contribution in [0.15, 0.2) is 0 Å². The van der Waals surface area contributed by atoms with Gasteiger partial charge in [-0.3, -0.25) is 9.59 Å². The SMILES string of the molecule is CC(C)(C)SC1(C(=O)O)CC(=O)C1. The summed E-state index contributed by atoms with van der Waals surface area (Å²) in [6.45, 7) is 5.89. The molecule has 0 saturated heterocycles. The fourth-order valence-corrected chi connectivity index (χ4v) is 3.16. The number of Topliss-reactive ketones (excluding diaryl/α,β-unsaturated/α-hetero) is 1. The summed E-state index contributed by atoms with van der Waals surface area (Å²) in [6.07, 6.45) is 0.370. The number of aliphatic carboxylic acids is 1. The Morgan fingerprint density at radius 3 is 2.15 bits per heavy atom. The monoisotopic (exact) mass is 202 g/mol. The number of carbonyl (C=O) groups excluding carboxylic acids is 1. The van der Waals surface area contributed by atoms with Crippen LogP contribution in [0.5, 0.6) is 0 Å². The van der Waals surface area contributed by atoms with Crippen LogP contribution >= 0.6 is 11.8 Å². The van der Waals surface area contributed by atoms with Crippen LogP contribution < -0.4 is 0 Å². The molecule has 1 saturated carbocycles. The van der Waals surface area contributed by atoms with E-state index in [4.69, 9.17) is 5.11 Å². The van der Waals surface area contributed by atoms with E-state index < -0.39 is 10.7 Å². The first-order valence-corrected chi connectivity index (χ1v) is 5.02. The molecule has 0 atom stereocenters. The van der Waals surface area contributed by atoms with Gasteiger partial charge in [0.1, 0.15) is 10.5 Å². The summed E-state index contributed by atoms with van der Waals surface area (Å²) in [5, 5.41) is 8.99. The van der Waals surface area contributed by atoms with Gasteiger partial charge in [-0.1, -0.05) is 20.8 Å². The molecular formula is C9H14O3S. The summed E-state index contributed by atoms with van der Waals surface area (Å²) in [5.41, 5.74) is 0. The highest BCUT2D eigenvalue weighted by atomic mass is 32.2. The van der Waals surface area contributed by atoms with Crippen molar-refractivity contribution < 1.29 is 14.7 Å². The Balaban J connectivity index is 2.72. The predicted molar refractivity (Wildman–Crippen MR) is 52.0 cm³/mol. The van der Waals surface area contributed by atoms with E-state index in [1.165, 1.54) is 11.8 Å². The number of ketones is 1. The second-order valence-corrected chi connectivity index (χ2v) is 6.62. The van der Waals surface area contributed by atoms with Crippen molar-refractivity contribution in [2.45, 2.75) is 43.1 Å². The Bertz CT molecular complexity index is 244. The van der Waals surface area contributed by atoms with E-state index in [0.29, 0.717) is 0 Å². The van der Waals surface area contributed by atoms with Crippen molar-refractivity contribution in [1.82, 2.24) is 0 Å². The molecule has 0 aromatic rings. The molecule has 1 N–H and O–H groups in total. The molecule has 0 aromatic heterocycles. The van der Waals surface area contributed by atoms with Gasteiger partial charge in [-0.2, -0.15) is 0 Å². The molecule has 0 bridgehead atoms. The second-order valence-electron chi connectivity index (χ2n) is 4.41.